The summed E-state index contributed by atoms with van der Waals surface area (Å²) >= 11 is 2.11. The van der Waals surface area contributed by atoms with Gasteiger partial charge in [0.25, 0.3) is 0 Å². The molecule has 7 heteroatoms. The van der Waals surface area contributed by atoms with E-state index in [9.17, 15) is 13.2 Å². The topological polar surface area (TPSA) is 35.0 Å². The molecule has 0 radical (unpaired) electrons. The Labute approximate surface area is 121 Å². The first kappa shape index (κ1) is 14.0. The highest BCUT2D eigenvalue weighted by molar-refractivity contribution is 14.1. The van der Waals surface area contributed by atoms with E-state index in [-0.39, 0.29) is 5.75 Å². The molecule has 0 bridgehead atoms. The SMILES string of the molecule is Cc1cc(I)cc(Oc2ccc(C(F)(F)F)nc2)n1. The molecular formula is C12H8F3IN2O. The molecule has 19 heavy (non-hydrogen) atoms. The molecule has 100 valence electrons. The number of ether oxygens (including phenoxy) is 1. The van der Waals surface area contributed by atoms with Gasteiger partial charge in [-0.05, 0) is 47.7 Å². The molecule has 2 heterocycles. The van der Waals surface area contributed by atoms with Crippen LogP contribution in [0.3, 0.4) is 0 Å². The molecule has 0 fully saturated rings. The molecule has 2 rings (SSSR count). The van der Waals surface area contributed by atoms with Gasteiger partial charge < -0.3 is 4.74 Å². The third kappa shape index (κ3) is 3.79. The maximum Gasteiger partial charge on any atom is 0.433 e. The minimum absolute atomic E-state index is 0.210. The molecule has 0 aliphatic heterocycles. The van der Waals surface area contributed by atoms with Gasteiger partial charge in [0.15, 0.2) is 0 Å². The summed E-state index contributed by atoms with van der Waals surface area (Å²) in [7, 11) is 0. The first-order chi connectivity index (χ1) is 8.84. The number of halogens is 4. The number of alkyl halides is 3. The van der Waals surface area contributed by atoms with Gasteiger partial charge >= 0.3 is 6.18 Å². The number of hydrogen-bond acceptors (Lipinski definition) is 3. The fourth-order valence-electron chi connectivity index (χ4n) is 1.38. The van der Waals surface area contributed by atoms with Gasteiger partial charge in [-0.25, -0.2) is 9.97 Å². The quantitative estimate of drug-likeness (QED) is 0.733. The molecule has 0 amide bonds. The Morgan fingerprint density at radius 3 is 2.47 bits per heavy atom. The summed E-state index contributed by atoms with van der Waals surface area (Å²) in [5.41, 5.74) is -0.187. The summed E-state index contributed by atoms with van der Waals surface area (Å²) < 4.78 is 43.3. The molecule has 3 nitrogen and oxygen atoms in total. The van der Waals surface area contributed by atoms with Crippen molar-refractivity contribution in [1.82, 2.24) is 9.97 Å². The molecule has 2 aromatic heterocycles. The Kier molecular flexibility index (Phi) is 3.93. The number of pyridine rings is 2. The highest BCUT2D eigenvalue weighted by Crippen LogP contribution is 2.29. The highest BCUT2D eigenvalue weighted by atomic mass is 127. The smallest absolute Gasteiger partial charge is 0.433 e. The monoisotopic (exact) mass is 380 g/mol. The van der Waals surface area contributed by atoms with E-state index in [1.165, 1.54) is 6.07 Å². The van der Waals surface area contributed by atoms with Crippen LogP contribution in [0.5, 0.6) is 11.6 Å². The Hall–Kier alpha value is -1.38. The molecule has 0 aliphatic rings. The molecule has 0 spiro atoms. The van der Waals surface area contributed by atoms with E-state index in [0.29, 0.717) is 5.88 Å². The third-order valence-electron chi connectivity index (χ3n) is 2.14. The minimum Gasteiger partial charge on any atom is -0.437 e. The number of aryl methyl sites for hydroxylation is 1. The van der Waals surface area contributed by atoms with Gasteiger partial charge in [0.05, 0.1) is 6.20 Å². The standard InChI is InChI=1S/C12H8F3IN2O/c1-7-4-8(16)5-11(18-7)19-9-2-3-10(17-6-9)12(13,14)15/h2-6H,1H3. The van der Waals surface area contributed by atoms with Crippen molar-refractivity contribution < 1.29 is 17.9 Å². The minimum atomic E-state index is -4.45. The van der Waals surface area contributed by atoms with Crippen molar-refractivity contribution in [3.8, 4) is 11.6 Å². The molecule has 0 unspecified atom stereocenters. The maximum absolute atomic E-state index is 12.3. The molecule has 0 saturated heterocycles. The van der Waals surface area contributed by atoms with Gasteiger partial charge in [-0.2, -0.15) is 13.2 Å². The Morgan fingerprint density at radius 2 is 1.95 bits per heavy atom. The summed E-state index contributed by atoms with van der Waals surface area (Å²) in [4.78, 5) is 7.43. The third-order valence-corrected chi connectivity index (χ3v) is 2.77. The van der Waals surface area contributed by atoms with E-state index in [1.807, 2.05) is 6.07 Å². The van der Waals surface area contributed by atoms with Crippen molar-refractivity contribution in [2.24, 2.45) is 0 Å². The fourth-order valence-corrected chi connectivity index (χ4v) is 2.10. The first-order valence-electron chi connectivity index (χ1n) is 5.20. The average molecular weight is 380 g/mol. The van der Waals surface area contributed by atoms with Crippen molar-refractivity contribution in [1.29, 1.82) is 0 Å². The van der Waals surface area contributed by atoms with Gasteiger partial charge in [-0.15, -0.1) is 0 Å². The number of aromatic nitrogens is 2. The van der Waals surface area contributed by atoms with Crippen LogP contribution in [-0.4, -0.2) is 9.97 Å². The Morgan fingerprint density at radius 1 is 1.21 bits per heavy atom. The largest absolute Gasteiger partial charge is 0.437 e. The zero-order valence-corrected chi connectivity index (χ0v) is 11.9. The summed E-state index contributed by atoms with van der Waals surface area (Å²) in [6.45, 7) is 1.81. The van der Waals surface area contributed by atoms with Crippen LogP contribution in [0, 0.1) is 10.5 Å². The predicted molar refractivity (Wildman–Crippen MR) is 71.0 cm³/mol. The summed E-state index contributed by atoms with van der Waals surface area (Å²) in [6, 6.07) is 5.63. The van der Waals surface area contributed by atoms with Crippen molar-refractivity contribution in [2.75, 3.05) is 0 Å². The molecule has 0 N–H and O–H groups in total. The van der Waals surface area contributed by atoms with Gasteiger partial charge in [0.1, 0.15) is 11.4 Å². The van der Waals surface area contributed by atoms with Crippen molar-refractivity contribution in [3.63, 3.8) is 0 Å². The van der Waals surface area contributed by atoms with Gasteiger partial charge in [-0.1, -0.05) is 0 Å². The second-order valence-electron chi connectivity index (χ2n) is 3.74. The summed E-state index contributed by atoms with van der Waals surface area (Å²) in [6.07, 6.45) is -3.42. The van der Waals surface area contributed by atoms with E-state index in [1.54, 1.807) is 13.0 Å². The van der Waals surface area contributed by atoms with Gasteiger partial charge in [0.2, 0.25) is 5.88 Å². The fraction of sp³-hybridized carbons (Fsp3) is 0.167. The highest BCUT2D eigenvalue weighted by Gasteiger charge is 2.32. The first-order valence-corrected chi connectivity index (χ1v) is 6.28. The number of hydrogen-bond donors (Lipinski definition) is 0. The van der Waals surface area contributed by atoms with Gasteiger partial charge in [-0.3, -0.25) is 0 Å². The average Bonchev–Trinajstić information content (AvgIpc) is 2.26. The Balaban J connectivity index is 2.20. The van der Waals surface area contributed by atoms with Crippen molar-refractivity contribution >= 4 is 22.6 Å². The maximum atomic E-state index is 12.3. The van der Waals surface area contributed by atoms with E-state index >= 15 is 0 Å². The summed E-state index contributed by atoms with van der Waals surface area (Å²) in [5, 5.41) is 0. The lowest BCUT2D eigenvalue weighted by molar-refractivity contribution is -0.141. The lowest BCUT2D eigenvalue weighted by Gasteiger charge is -2.08. The Bertz CT molecular complexity index is 564. The molecule has 2 aromatic rings. The zero-order chi connectivity index (χ0) is 14.0. The van der Waals surface area contributed by atoms with Crippen LogP contribution in [0.1, 0.15) is 11.4 Å². The lowest BCUT2D eigenvalue weighted by Crippen LogP contribution is -2.07. The van der Waals surface area contributed by atoms with E-state index < -0.39 is 11.9 Å². The van der Waals surface area contributed by atoms with Crippen LogP contribution >= 0.6 is 22.6 Å². The van der Waals surface area contributed by atoms with E-state index in [2.05, 4.69) is 32.6 Å². The number of nitrogens with zero attached hydrogens (tertiary/aromatic N) is 2. The molecule has 0 aromatic carbocycles. The van der Waals surface area contributed by atoms with Crippen molar-refractivity contribution in [3.05, 3.63) is 45.4 Å². The molecule has 0 saturated carbocycles. The van der Waals surface area contributed by atoms with E-state index in [0.717, 1.165) is 21.5 Å². The zero-order valence-electron chi connectivity index (χ0n) is 9.70. The number of rotatable bonds is 2. The molecule has 0 atom stereocenters. The van der Waals surface area contributed by atoms with Crippen LogP contribution < -0.4 is 4.74 Å². The second-order valence-corrected chi connectivity index (χ2v) is 4.99. The van der Waals surface area contributed by atoms with Crippen LogP contribution in [0.15, 0.2) is 30.5 Å². The second kappa shape index (κ2) is 5.32. The van der Waals surface area contributed by atoms with Crippen molar-refractivity contribution in [2.45, 2.75) is 13.1 Å². The summed E-state index contributed by atoms with van der Waals surface area (Å²) in [5.74, 6) is 0.535. The van der Waals surface area contributed by atoms with E-state index in [4.69, 9.17) is 4.74 Å². The predicted octanol–water partition coefficient (Wildman–Crippen LogP) is 4.20. The van der Waals surface area contributed by atoms with Crippen LogP contribution in [0.25, 0.3) is 0 Å². The molecular weight excluding hydrogens is 372 g/mol. The van der Waals surface area contributed by atoms with Crippen LogP contribution in [0.4, 0.5) is 13.2 Å². The van der Waals surface area contributed by atoms with Crippen LogP contribution in [0.2, 0.25) is 0 Å². The van der Waals surface area contributed by atoms with Gasteiger partial charge in [0, 0.05) is 15.3 Å². The lowest BCUT2D eigenvalue weighted by atomic mass is 10.3. The normalized spacial score (nSPS) is 11.4. The molecule has 0 aliphatic carbocycles. The van der Waals surface area contributed by atoms with Crippen LogP contribution in [-0.2, 0) is 6.18 Å².